The van der Waals surface area contributed by atoms with Gasteiger partial charge >= 0.3 is 12.0 Å². The molecule has 0 saturated carbocycles. The van der Waals surface area contributed by atoms with E-state index in [4.69, 9.17) is 9.47 Å². The van der Waals surface area contributed by atoms with Gasteiger partial charge in [-0.2, -0.15) is 0 Å². The second-order valence-corrected chi connectivity index (χ2v) is 9.57. The van der Waals surface area contributed by atoms with Crippen LogP contribution < -0.4 is 14.8 Å². The first-order valence-corrected chi connectivity index (χ1v) is 12.3. The smallest absolute Gasteiger partial charge is 0.327 e. The van der Waals surface area contributed by atoms with Crippen LogP contribution in [0.15, 0.2) is 24.3 Å². The number of urea groups is 1. The van der Waals surface area contributed by atoms with Crippen molar-refractivity contribution in [1.82, 2.24) is 20.0 Å². The van der Waals surface area contributed by atoms with Crippen molar-refractivity contribution in [3.8, 4) is 11.5 Å². The number of carboxylic acids is 1. The van der Waals surface area contributed by atoms with Crippen molar-refractivity contribution in [3.05, 3.63) is 29.8 Å². The molecular weight excluding hydrogens is 468 g/mol. The molecule has 4 heterocycles. The Hall–Kier alpha value is -3.60. The molecule has 5 rings (SSSR count). The monoisotopic (exact) mass is 498 g/mol. The molecule has 0 spiro atoms. The zero-order chi connectivity index (χ0) is 25.2. The highest BCUT2D eigenvalue weighted by Gasteiger charge is 2.56. The number of carboxylic acid groups (broad SMARTS) is 1. The predicted molar refractivity (Wildman–Crippen MR) is 127 cm³/mol. The number of likely N-dealkylation sites (tertiary alicyclic amines) is 1. The molecule has 2 N–H and O–H groups in total. The molecule has 1 aromatic rings. The van der Waals surface area contributed by atoms with Crippen LogP contribution >= 0.6 is 0 Å². The van der Waals surface area contributed by atoms with E-state index in [0.717, 1.165) is 36.4 Å². The van der Waals surface area contributed by atoms with Crippen LogP contribution in [0.5, 0.6) is 11.5 Å². The lowest BCUT2D eigenvalue weighted by atomic mass is 9.78. The van der Waals surface area contributed by atoms with Gasteiger partial charge in [0.2, 0.25) is 18.6 Å². The minimum Gasteiger partial charge on any atom is -0.480 e. The summed E-state index contributed by atoms with van der Waals surface area (Å²) >= 11 is 0. The van der Waals surface area contributed by atoms with Crippen LogP contribution in [-0.2, 0) is 14.4 Å². The maximum absolute atomic E-state index is 13.0. The molecule has 0 radical (unpaired) electrons. The number of imide groups is 1. The Morgan fingerprint density at radius 3 is 2.44 bits per heavy atom. The van der Waals surface area contributed by atoms with Gasteiger partial charge in [0.05, 0.1) is 5.92 Å². The molecule has 36 heavy (non-hydrogen) atoms. The third-order valence-electron chi connectivity index (χ3n) is 7.40. The lowest BCUT2D eigenvalue weighted by molar-refractivity contribution is -0.167. The number of carbonyl (C=O) groups excluding carboxylic acids is 3. The molecule has 3 saturated heterocycles. The number of ether oxygens (including phenoxy) is 2. The molecule has 11 heteroatoms. The average molecular weight is 499 g/mol. The van der Waals surface area contributed by atoms with Crippen LogP contribution in [0.1, 0.15) is 24.8 Å². The first-order valence-electron chi connectivity index (χ1n) is 12.3. The molecule has 2 atom stereocenters. The number of β-lactam (4-membered cyclic amide) rings is 1. The van der Waals surface area contributed by atoms with Crippen molar-refractivity contribution in [2.45, 2.75) is 25.3 Å². The molecule has 4 aliphatic heterocycles. The summed E-state index contributed by atoms with van der Waals surface area (Å²) in [5, 5.41) is 13.0. The van der Waals surface area contributed by atoms with E-state index in [9.17, 15) is 24.3 Å². The van der Waals surface area contributed by atoms with Gasteiger partial charge in [-0.3, -0.25) is 9.59 Å². The number of hydrogen-bond acceptors (Lipinski definition) is 7. The van der Waals surface area contributed by atoms with Crippen LogP contribution in [-0.4, -0.2) is 95.7 Å². The summed E-state index contributed by atoms with van der Waals surface area (Å²) in [4.78, 5) is 54.4. The Kier molecular flexibility index (Phi) is 6.82. The summed E-state index contributed by atoms with van der Waals surface area (Å²) in [6.07, 6.45) is 5.48. The molecule has 0 aliphatic carbocycles. The molecule has 3 fully saturated rings. The Morgan fingerprint density at radius 1 is 1.03 bits per heavy atom. The molecule has 192 valence electrons. The van der Waals surface area contributed by atoms with Gasteiger partial charge in [-0.05, 0) is 62.0 Å². The molecular formula is C25H30N4O7. The maximum atomic E-state index is 13.0. The Morgan fingerprint density at radius 2 is 1.72 bits per heavy atom. The van der Waals surface area contributed by atoms with E-state index >= 15 is 0 Å². The maximum Gasteiger partial charge on any atom is 0.327 e. The van der Waals surface area contributed by atoms with Crippen molar-refractivity contribution in [1.29, 1.82) is 0 Å². The summed E-state index contributed by atoms with van der Waals surface area (Å²) in [7, 11) is 0. The van der Waals surface area contributed by atoms with Gasteiger partial charge < -0.3 is 29.7 Å². The molecule has 4 amide bonds. The summed E-state index contributed by atoms with van der Waals surface area (Å²) in [5.74, 6) is -0.804. The number of fused-ring (bicyclic) bond motifs is 1. The lowest BCUT2D eigenvalue weighted by Crippen LogP contribution is -2.69. The third kappa shape index (κ3) is 4.75. The topological polar surface area (TPSA) is 129 Å². The van der Waals surface area contributed by atoms with Gasteiger partial charge in [0.25, 0.3) is 0 Å². The number of nitrogens with one attached hydrogen (secondary N) is 1. The van der Waals surface area contributed by atoms with Gasteiger partial charge in [-0.25, -0.2) is 14.5 Å². The number of aliphatic carboxylic acids is 1. The number of hydrogen-bond donors (Lipinski definition) is 2. The second kappa shape index (κ2) is 10.2. The molecule has 0 bridgehead atoms. The van der Waals surface area contributed by atoms with Crippen molar-refractivity contribution in [2.75, 3.05) is 46.1 Å². The summed E-state index contributed by atoms with van der Waals surface area (Å²) in [6, 6.07) is 3.70. The molecule has 0 unspecified atom stereocenters. The van der Waals surface area contributed by atoms with E-state index in [1.54, 1.807) is 23.1 Å². The number of benzene rings is 1. The first-order chi connectivity index (χ1) is 17.4. The zero-order valence-corrected chi connectivity index (χ0v) is 19.9. The fraction of sp³-hybridized carbons (Fsp3) is 0.520. The Balaban J connectivity index is 1.14. The minimum absolute atomic E-state index is 0.180. The quantitative estimate of drug-likeness (QED) is 0.454. The average Bonchev–Trinajstić information content (AvgIpc) is 3.37. The summed E-state index contributed by atoms with van der Waals surface area (Å²) in [6.45, 7) is 2.97. The van der Waals surface area contributed by atoms with Crippen LogP contribution in [0.2, 0.25) is 0 Å². The van der Waals surface area contributed by atoms with E-state index in [1.165, 1.54) is 11.0 Å². The number of piperazine rings is 1. The summed E-state index contributed by atoms with van der Waals surface area (Å²) < 4.78 is 10.6. The van der Waals surface area contributed by atoms with Gasteiger partial charge in [0, 0.05) is 32.3 Å². The second-order valence-electron chi connectivity index (χ2n) is 9.57. The number of carbonyl (C=O) groups is 4. The minimum atomic E-state index is -1.15. The largest absolute Gasteiger partial charge is 0.480 e. The van der Waals surface area contributed by atoms with Crippen molar-refractivity contribution < 1.29 is 33.8 Å². The highest BCUT2D eigenvalue weighted by atomic mass is 16.7. The van der Waals surface area contributed by atoms with E-state index in [-0.39, 0.29) is 25.8 Å². The SMILES string of the molecule is O=C(O)[C@@H]1[C@@H](CC2CCNCC2)C(=O)N1C(=O)N1CCN(C(=O)/C=C/c2ccc3c(c2)OCO3)CC1. The highest BCUT2D eigenvalue weighted by Crippen LogP contribution is 2.36. The Labute approximate surface area is 208 Å². The zero-order valence-electron chi connectivity index (χ0n) is 19.9. The Bertz CT molecular complexity index is 1080. The summed E-state index contributed by atoms with van der Waals surface area (Å²) in [5.41, 5.74) is 0.802. The van der Waals surface area contributed by atoms with E-state index in [0.29, 0.717) is 36.9 Å². The van der Waals surface area contributed by atoms with Crippen LogP contribution in [0.3, 0.4) is 0 Å². The number of amides is 4. The normalized spacial score (nSPS) is 24.2. The molecule has 0 aromatic heterocycles. The molecule has 1 aromatic carbocycles. The molecule has 4 aliphatic rings. The van der Waals surface area contributed by atoms with Crippen molar-refractivity contribution in [3.63, 3.8) is 0 Å². The van der Waals surface area contributed by atoms with Crippen molar-refractivity contribution >= 4 is 29.9 Å². The third-order valence-corrected chi connectivity index (χ3v) is 7.40. The fourth-order valence-corrected chi connectivity index (χ4v) is 5.31. The van der Waals surface area contributed by atoms with Gasteiger partial charge in [0.15, 0.2) is 17.5 Å². The van der Waals surface area contributed by atoms with E-state index in [2.05, 4.69) is 5.32 Å². The number of piperidine rings is 1. The van der Waals surface area contributed by atoms with E-state index in [1.807, 2.05) is 6.07 Å². The van der Waals surface area contributed by atoms with Crippen LogP contribution in [0, 0.1) is 11.8 Å². The number of nitrogens with zero attached hydrogens (tertiary/aromatic N) is 3. The van der Waals surface area contributed by atoms with Crippen molar-refractivity contribution in [2.24, 2.45) is 11.8 Å². The van der Waals surface area contributed by atoms with E-state index < -0.39 is 29.9 Å². The highest BCUT2D eigenvalue weighted by molar-refractivity contribution is 6.07. The molecule has 11 nitrogen and oxygen atoms in total. The number of rotatable bonds is 5. The van der Waals surface area contributed by atoms with Gasteiger partial charge in [-0.15, -0.1) is 0 Å². The fourth-order valence-electron chi connectivity index (χ4n) is 5.31. The van der Waals surface area contributed by atoms with Gasteiger partial charge in [-0.1, -0.05) is 6.07 Å². The predicted octanol–water partition coefficient (Wildman–Crippen LogP) is 0.994. The lowest BCUT2D eigenvalue weighted by Gasteiger charge is -2.47. The van der Waals surface area contributed by atoms with Gasteiger partial charge in [0.1, 0.15) is 0 Å². The standard InChI is InChI=1S/C25H30N4O7/c30-21(4-2-16-1-3-19-20(14-16)36-15-35-19)27-9-11-28(12-10-27)25(34)29-22(24(32)33)18(23(29)31)13-17-5-7-26-8-6-17/h1-4,14,17-18,22,26H,5-13,15H2,(H,32,33)/b4-2+/t18-,22+/m1/s1. The van der Waals surface area contributed by atoms with Crippen LogP contribution in [0.4, 0.5) is 4.79 Å². The van der Waals surface area contributed by atoms with Crippen LogP contribution in [0.25, 0.3) is 6.08 Å². The first kappa shape index (κ1) is 24.1.